The molecule has 2 rings (SSSR count). The third-order valence-corrected chi connectivity index (χ3v) is 3.42. The van der Waals surface area contributed by atoms with Crippen LogP contribution in [0.1, 0.15) is 35.2 Å². The number of halogens is 1. The molecule has 0 spiro atoms. The summed E-state index contributed by atoms with van der Waals surface area (Å²) in [7, 11) is 3.09. The molecule has 0 amide bonds. The molecule has 1 aromatic rings. The van der Waals surface area contributed by atoms with Gasteiger partial charge in [-0.2, -0.15) is 0 Å². The van der Waals surface area contributed by atoms with Gasteiger partial charge in [0.25, 0.3) is 0 Å². The van der Waals surface area contributed by atoms with Crippen LogP contribution >= 0.6 is 11.6 Å². The van der Waals surface area contributed by atoms with Gasteiger partial charge in [0.05, 0.1) is 19.8 Å². The number of Topliss-reactive ketones (excluding diaryl/α,β-unsaturated/α-hetero) is 1. The van der Waals surface area contributed by atoms with Gasteiger partial charge in [-0.15, -0.1) is 0 Å². The van der Waals surface area contributed by atoms with E-state index in [1.54, 1.807) is 20.3 Å². The van der Waals surface area contributed by atoms with Crippen molar-refractivity contribution in [2.24, 2.45) is 0 Å². The zero-order valence-electron chi connectivity index (χ0n) is 10.0. The van der Waals surface area contributed by atoms with E-state index in [-0.39, 0.29) is 5.78 Å². The molecule has 0 radical (unpaired) electrons. The average molecular weight is 255 g/mol. The van der Waals surface area contributed by atoms with Gasteiger partial charge in [-0.3, -0.25) is 4.79 Å². The zero-order valence-corrected chi connectivity index (χ0v) is 10.8. The molecule has 1 aromatic carbocycles. The Bertz CT molecular complexity index is 454. The SMILES string of the molecule is COc1cc(Cl)c2c(c1OC)C(=O)CCCC2. The van der Waals surface area contributed by atoms with Gasteiger partial charge in [-0.25, -0.2) is 0 Å². The van der Waals surface area contributed by atoms with Gasteiger partial charge in [-0.1, -0.05) is 11.6 Å². The van der Waals surface area contributed by atoms with Crippen LogP contribution in [-0.4, -0.2) is 20.0 Å². The summed E-state index contributed by atoms with van der Waals surface area (Å²) in [6.45, 7) is 0. The van der Waals surface area contributed by atoms with Gasteiger partial charge >= 0.3 is 0 Å². The minimum atomic E-state index is 0.0927. The normalized spacial score (nSPS) is 15.1. The highest BCUT2D eigenvalue weighted by molar-refractivity contribution is 6.32. The summed E-state index contributed by atoms with van der Waals surface area (Å²) in [6, 6.07) is 1.72. The number of benzene rings is 1. The van der Waals surface area contributed by atoms with Gasteiger partial charge in [0.1, 0.15) is 0 Å². The van der Waals surface area contributed by atoms with Crippen LogP contribution < -0.4 is 9.47 Å². The molecule has 0 N–H and O–H groups in total. The van der Waals surface area contributed by atoms with Gasteiger partial charge in [0, 0.05) is 17.5 Å². The van der Waals surface area contributed by atoms with Crippen molar-refractivity contribution in [2.45, 2.75) is 25.7 Å². The highest BCUT2D eigenvalue weighted by atomic mass is 35.5. The topological polar surface area (TPSA) is 35.5 Å². The number of carbonyl (C=O) groups excluding carboxylic acids is 1. The van der Waals surface area contributed by atoms with Crippen LogP contribution in [0.5, 0.6) is 11.5 Å². The zero-order chi connectivity index (χ0) is 12.4. The molecule has 0 bridgehead atoms. The lowest BCUT2D eigenvalue weighted by Gasteiger charge is -2.15. The molecule has 1 aliphatic rings. The van der Waals surface area contributed by atoms with Crippen LogP contribution in [0.15, 0.2) is 6.07 Å². The Morgan fingerprint density at radius 1 is 1.18 bits per heavy atom. The summed E-state index contributed by atoms with van der Waals surface area (Å²) in [5, 5.41) is 0.591. The molecular weight excluding hydrogens is 240 g/mol. The second-order valence-corrected chi connectivity index (χ2v) is 4.48. The molecule has 0 fully saturated rings. The van der Waals surface area contributed by atoms with E-state index in [1.807, 2.05) is 0 Å². The molecule has 0 aromatic heterocycles. The second-order valence-electron chi connectivity index (χ2n) is 4.08. The van der Waals surface area contributed by atoms with Crippen molar-refractivity contribution in [3.05, 3.63) is 22.2 Å². The van der Waals surface area contributed by atoms with Crippen LogP contribution in [0.2, 0.25) is 5.02 Å². The van der Waals surface area contributed by atoms with Crippen molar-refractivity contribution in [3.8, 4) is 11.5 Å². The fraction of sp³-hybridized carbons (Fsp3) is 0.462. The van der Waals surface area contributed by atoms with Gasteiger partial charge in [0.15, 0.2) is 17.3 Å². The average Bonchev–Trinajstić information content (AvgIpc) is 2.52. The smallest absolute Gasteiger partial charge is 0.171 e. The van der Waals surface area contributed by atoms with Crippen molar-refractivity contribution < 1.29 is 14.3 Å². The van der Waals surface area contributed by atoms with E-state index < -0.39 is 0 Å². The van der Waals surface area contributed by atoms with Gasteiger partial charge in [-0.05, 0) is 24.8 Å². The molecule has 92 valence electrons. The minimum absolute atomic E-state index is 0.0927. The van der Waals surface area contributed by atoms with Crippen molar-refractivity contribution in [3.63, 3.8) is 0 Å². The highest BCUT2D eigenvalue weighted by Gasteiger charge is 2.25. The Morgan fingerprint density at radius 2 is 1.88 bits per heavy atom. The lowest BCUT2D eigenvalue weighted by molar-refractivity contribution is 0.0978. The predicted molar refractivity (Wildman–Crippen MR) is 66.4 cm³/mol. The number of fused-ring (bicyclic) bond motifs is 1. The Balaban J connectivity index is 2.69. The number of ether oxygens (including phenoxy) is 2. The van der Waals surface area contributed by atoms with Gasteiger partial charge < -0.3 is 9.47 Å². The largest absolute Gasteiger partial charge is 0.493 e. The standard InChI is InChI=1S/C13H15ClO3/c1-16-11-7-9(14)8-5-3-4-6-10(15)12(8)13(11)17-2/h7H,3-6H2,1-2H3. The van der Waals surface area contributed by atoms with E-state index in [0.29, 0.717) is 28.5 Å². The second kappa shape index (κ2) is 4.96. The first-order valence-corrected chi connectivity index (χ1v) is 6.03. The summed E-state index contributed by atoms with van der Waals surface area (Å²) >= 11 is 6.21. The van der Waals surface area contributed by atoms with Gasteiger partial charge in [0.2, 0.25) is 0 Å². The van der Waals surface area contributed by atoms with Crippen molar-refractivity contribution in [2.75, 3.05) is 14.2 Å². The Hall–Kier alpha value is -1.22. The molecule has 3 nitrogen and oxygen atoms in total. The summed E-state index contributed by atoms with van der Waals surface area (Å²) in [5.74, 6) is 1.13. The van der Waals surface area contributed by atoms with Crippen LogP contribution in [0.25, 0.3) is 0 Å². The summed E-state index contributed by atoms with van der Waals surface area (Å²) in [6.07, 6.45) is 3.25. The molecular formula is C13H15ClO3. The van der Waals surface area contributed by atoms with Crippen molar-refractivity contribution >= 4 is 17.4 Å². The maximum atomic E-state index is 12.1. The fourth-order valence-corrected chi connectivity index (χ4v) is 2.54. The minimum Gasteiger partial charge on any atom is -0.493 e. The van der Waals surface area contributed by atoms with Crippen LogP contribution in [0, 0.1) is 0 Å². The van der Waals surface area contributed by atoms with E-state index in [9.17, 15) is 4.79 Å². The Kier molecular flexibility index (Phi) is 3.57. The first-order valence-electron chi connectivity index (χ1n) is 5.65. The molecule has 1 aliphatic carbocycles. The Labute approximate surface area is 106 Å². The highest BCUT2D eigenvalue weighted by Crippen LogP contribution is 2.40. The first kappa shape index (κ1) is 12.2. The maximum Gasteiger partial charge on any atom is 0.171 e. The summed E-state index contributed by atoms with van der Waals surface area (Å²) < 4.78 is 10.5. The lowest BCUT2D eigenvalue weighted by Crippen LogP contribution is -2.06. The van der Waals surface area contributed by atoms with Crippen LogP contribution in [0.3, 0.4) is 0 Å². The Morgan fingerprint density at radius 3 is 2.53 bits per heavy atom. The molecule has 0 saturated heterocycles. The van der Waals surface area contributed by atoms with E-state index in [2.05, 4.69) is 0 Å². The molecule has 4 heteroatoms. The summed E-state index contributed by atoms with van der Waals surface area (Å²) in [5.41, 5.74) is 1.50. The third kappa shape index (κ3) is 2.12. The van der Waals surface area contributed by atoms with Crippen LogP contribution in [0.4, 0.5) is 0 Å². The van der Waals surface area contributed by atoms with Crippen LogP contribution in [-0.2, 0) is 6.42 Å². The molecule has 0 aliphatic heterocycles. The number of rotatable bonds is 2. The fourth-order valence-electron chi connectivity index (χ4n) is 2.25. The van der Waals surface area contributed by atoms with E-state index >= 15 is 0 Å². The molecule has 0 unspecified atom stereocenters. The maximum absolute atomic E-state index is 12.1. The van der Waals surface area contributed by atoms with E-state index in [1.165, 1.54) is 0 Å². The molecule has 0 saturated carbocycles. The van der Waals surface area contributed by atoms with E-state index in [0.717, 1.165) is 24.8 Å². The molecule has 17 heavy (non-hydrogen) atoms. The van der Waals surface area contributed by atoms with Crippen molar-refractivity contribution in [1.82, 2.24) is 0 Å². The number of hydrogen-bond acceptors (Lipinski definition) is 3. The lowest BCUT2D eigenvalue weighted by atomic mass is 10.00. The summed E-state index contributed by atoms with van der Waals surface area (Å²) in [4.78, 5) is 12.1. The molecule has 0 heterocycles. The number of methoxy groups -OCH3 is 2. The number of ketones is 1. The first-order chi connectivity index (χ1) is 8.19. The number of carbonyl (C=O) groups is 1. The van der Waals surface area contributed by atoms with E-state index in [4.69, 9.17) is 21.1 Å². The monoisotopic (exact) mass is 254 g/mol. The quantitative estimate of drug-likeness (QED) is 0.760. The molecule has 0 atom stereocenters. The predicted octanol–water partition coefficient (Wildman–Crippen LogP) is 3.27. The van der Waals surface area contributed by atoms with Crippen molar-refractivity contribution in [1.29, 1.82) is 0 Å². The third-order valence-electron chi connectivity index (χ3n) is 3.08. The number of hydrogen-bond donors (Lipinski definition) is 0.